The molecule has 0 saturated carbocycles. The van der Waals surface area contributed by atoms with Gasteiger partial charge in [0.1, 0.15) is 5.52 Å². The van der Waals surface area contributed by atoms with Gasteiger partial charge in [0.25, 0.3) is 10.0 Å². The number of hydrogen-bond donors (Lipinski definition) is 0. The first-order chi connectivity index (χ1) is 13.3. The van der Waals surface area contributed by atoms with Crippen LogP contribution < -0.4 is 5.69 Å². The maximum absolute atomic E-state index is 13.5. The molecule has 0 aromatic carbocycles. The van der Waals surface area contributed by atoms with E-state index in [4.69, 9.17) is 11.6 Å². The summed E-state index contributed by atoms with van der Waals surface area (Å²) in [5, 5.41) is -0.585. The largest absolute Gasteiger partial charge is 0.344 e. The van der Waals surface area contributed by atoms with Gasteiger partial charge in [0, 0.05) is 31.7 Å². The van der Waals surface area contributed by atoms with Crippen LogP contribution in [0.3, 0.4) is 0 Å². The number of aromatic nitrogens is 6. The summed E-state index contributed by atoms with van der Waals surface area (Å²) in [7, 11) is -0.648. The van der Waals surface area contributed by atoms with Gasteiger partial charge in [-0.3, -0.25) is 8.97 Å². The summed E-state index contributed by atoms with van der Waals surface area (Å²) in [6.45, 7) is 0.820. The van der Waals surface area contributed by atoms with Gasteiger partial charge in [-0.25, -0.2) is 14.8 Å². The number of hydrogen-bond acceptors (Lipinski definition) is 7. The molecule has 0 N–H and O–H groups in total. The molecule has 0 spiro atoms. The van der Waals surface area contributed by atoms with Crippen molar-refractivity contribution in [1.82, 2.24) is 32.8 Å². The van der Waals surface area contributed by atoms with Crippen LogP contribution in [-0.2, 0) is 16.6 Å². The normalized spacial score (nSPS) is 12.4. The molecular formula is C16H16ClN7O3S. The van der Waals surface area contributed by atoms with Crippen LogP contribution in [0.1, 0.15) is 0 Å². The topological polar surface area (TPSA) is 107 Å². The van der Waals surface area contributed by atoms with Crippen molar-refractivity contribution in [3.8, 4) is 0 Å². The lowest BCUT2D eigenvalue weighted by molar-refractivity contribution is 0.383. The number of halogens is 1. The molecular weight excluding hydrogens is 406 g/mol. The van der Waals surface area contributed by atoms with Gasteiger partial charge in [0.2, 0.25) is 10.8 Å². The van der Waals surface area contributed by atoms with Crippen LogP contribution in [0.4, 0.5) is 0 Å². The molecule has 0 aliphatic heterocycles. The number of imidazole rings is 2. The van der Waals surface area contributed by atoms with E-state index in [1.165, 1.54) is 33.6 Å². The molecule has 0 saturated heterocycles. The fourth-order valence-electron chi connectivity index (χ4n) is 2.95. The summed E-state index contributed by atoms with van der Waals surface area (Å²) < 4.78 is 30.2. The van der Waals surface area contributed by atoms with Crippen LogP contribution in [0, 0.1) is 0 Å². The van der Waals surface area contributed by atoms with Gasteiger partial charge in [-0.2, -0.15) is 17.4 Å². The van der Waals surface area contributed by atoms with Crippen molar-refractivity contribution in [2.75, 3.05) is 20.6 Å². The minimum Gasteiger partial charge on any atom is -0.308 e. The minimum absolute atomic E-state index is 0.119. The molecule has 0 atom stereocenters. The maximum atomic E-state index is 13.5. The predicted molar refractivity (Wildman–Crippen MR) is 103 cm³/mol. The van der Waals surface area contributed by atoms with Gasteiger partial charge in [-0.1, -0.05) is 11.6 Å². The smallest absolute Gasteiger partial charge is 0.308 e. The van der Waals surface area contributed by atoms with E-state index >= 15 is 0 Å². The molecule has 4 rings (SSSR count). The van der Waals surface area contributed by atoms with E-state index in [0.29, 0.717) is 10.5 Å². The lowest BCUT2D eigenvalue weighted by atomic mass is 10.4. The van der Waals surface area contributed by atoms with Crippen molar-refractivity contribution < 1.29 is 8.42 Å². The molecule has 4 aromatic rings. The number of nitrogens with zero attached hydrogens (tertiary/aromatic N) is 7. The Morgan fingerprint density at radius 2 is 1.93 bits per heavy atom. The quantitative estimate of drug-likeness (QED) is 0.466. The molecule has 0 aliphatic rings. The van der Waals surface area contributed by atoms with Crippen molar-refractivity contribution in [3.05, 3.63) is 52.4 Å². The molecule has 0 fully saturated rings. The van der Waals surface area contributed by atoms with E-state index < -0.39 is 15.7 Å². The third kappa shape index (κ3) is 2.79. The van der Waals surface area contributed by atoms with E-state index in [0.717, 1.165) is 0 Å². The number of rotatable bonds is 5. The first-order valence-corrected chi connectivity index (χ1v) is 10.1. The summed E-state index contributed by atoms with van der Waals surface area (Å²) in [6.07, 6.45) is 4.46. The second-order valence-electron chi connectivity index (χ2n) is 6.35. The molecule has 0 radical (unpaired) electrons. The van der Waals surface area contributed by atoms with E-state index in [2.05, 4.69) is 15.0 Å². The number of pyridine rings is 1. The summed E-state index contributed by atoms with van der Waals surface area (Å²) in [4.78, 5) is 27.2. The average Bonchev–Trinajstić information content (AvgIpc) is 3.13. The summed E-state index contributed by atoms with van der Waals surface area (Å²) in [6, 6.07) is 4.65. The van der Waals surface area contributed by atoms with Gasteiger partial charge < -0.3 is 4.90 Å². The first kappa shape index (κ1) is 18.6. The fourth-order valence-corrected chi connectivity index (χ4v) is 4.94. The van der Waals surface area contributed by atoms with Crippen molar-refractivity contribution in [2.45, 2.75) is 11.6 Å². The predicted octanol–water partition coefficient (Wildman–Crippen LogP) is 0.693. The summed E-state index contributed by atoms with van der Waals surface area (Å²) in [5.41, 5.74) is -0.271. The summed E-state index contributed by atoms with van der Waals surface area (Å²) in [5.74, 6) is 0.119. The Balaban J connectivity index is 2.02. The highest BCUT2D eigenvalue weighted by Gasteiger charge is 2.31. The molecule has 4 aromatic heterocycles. The van der Waals surface area contributed by atoms with Crippen LogP contribution in [-0.4, -0.2) is 61.8 Å². The zero-order valence-corrected chi connectivity index (χ0v) is 16.6. The molecule has 4 heterocycles. The Kier molecular flexibility index (Phi) is 4.44. The van der Waals surface area contributed by atoms with Crippen molar-refractivity contribution in [3.63, 3.8) is 0 Å². The lowest BCUT2D eigenvalue weighted by Crippen LogP contribution is -2.32. The van der Waals surface area contributed by atoms with Crippen molar-refractivity contribution in [1.29, 1.82) is 0 Å². The van der Waals surface area contributed by atoms with Crippen molar-refractivity contribution in [2.24, 2.45) is 0 Å². The highest BCUT2D eigenvalue weighted by Crippen LogP contribution is 2.25. The monoisotopic (exact) mass is 421 g/mol. The van der Waals surface area contributed by atoms with Crippen LogP contribution in [0.5, 0.6) is 0 Å². The average molecular weight is 422 g/mol. The standard InChI is InChI=1S/C16H16ClN7O3S/c1-21(2)9-10-22-13-11(5-3-6-18-13)24(16(22)25)28(26,27)14-12(17)20-15-19-7-4-8-23(14)15/h3-8H,9-10H2,1-2H3. The van der Waals surface area contributed by atoms with Gasteiger partial charge in [-0.05, 0) is 32.3 Å². The van der Waals surface area contributed by atoms with Gasteiger partial charge in [-0.15, -0.1) is 0 Å². The zero-order valence-electron chi connectivity index (χ0n) is 15.0. The second-order valence-corrected chi connectivity index (χ2v) is 8.41. The molecule has 28 heavy (non-hydrogen) atoms. The van der Waals surface area contributed by atoms with E-state index in [9.17, 15) is 13.2 Å². The van der Waals surface area contributed by atoms with Crippen LogP contribution in [0.25, 0.3) is 16.9 Å². The van der Waals surface area contributed by atoms with Crippen molar-refractivity contribution >= 4 is 38.6 Å². The van der Waals surface area contributed by atoms with Crippen LogP contribution >= 0.6 is 11.6 Å². The van der Waals surface area contributed by atoms with E-state index in [1.54, 1.807) is 12.1 Å². The van der Waals surface area contributed by atoms with E-state index in [1.807, 2.05) is 19.0 Å². The van der Waals surface area contributed by atoms with Gasteiger partial charge in [0.05, 0.1) is 0 Å². The third-order valence-electron chi connectivity index (χ3n) is 4.22. The van der Waals surface area contributed by atoms with E-state index in [-0.39, 0.29) is 33.7 Å². The van der Waals surface area contributed by atoms with Gasteiger partial charge in [0.15, 0.2) is 10.8 Å². The SMILES string of the molecule is CN(C)CCn1c(=O)n(S(=O)(=O)c2c(Cl)nc3ncccn23)c2cccnc21. The maximum Gasteiger partial charge on any atom is 0.344 e. The number of likely N-dealkylation sites (N-methyl/N-ethyl adjacent to an activating group) is 1. The highest BCUT2D eigenvalue weighted by molar-refractivity contribution is 7.90. The van der Waals surface area contributed by atoms with Gasteiger partial charge >= 0.3 is 5.69 Å². The number of fused-ring (bicyclic) bond motifs is 2. The highest BCUT2D eigenvalue weighted by atomic mass is 35.5. The second kappa shape index (κ2) is 6.69. The molecule has 0 bridgehead atoms. The molecule has 0 amide bonds. The minimum atomic E-state index is -4.37. The first-order valence-electron chi connectivity index (χ1n) is 8.27. The molecule has 12 heteroatoms. The lowest BCUT2D eigenvalue weighted by Gasteiger charge is -2.09. The Morgan fingerprint density at radius 1 is 1.18 bits per heavy atom. The van der Waals surface area contributed by atoms with Crippen LogP contribution in [0.2, 0.25) is 5.15 Å². The summed E-state index contributed by atoms with van der Waals surface area (Å²) >= 11 is 6.12. The molecule has 10 nitrogen and oxygen atoms in total. The Morgan fingerprint density at radius 3 is 2.68 bits per heavy atom. The third-order valence-corrected chi connectivity index (χ3v) is 6.31. The van der Waals surface area contributed by atoms with Crippen LogP contribution in [0.15, 0.2) is 46.6 Å². The molecule has 0 aliphatic carbocycles. The Hall–Kier alpha value is -2.76. The Labute approximate surface area is 164 Å². The molecule has 0 unspecified atom stereocenters. The molecule has 146 valence electrons. The fraction of sp³-hybridized carbons (Fsp3) is 0.250. The zero-order chi connectivity index (χ0) is 20.1. The Bertz CT molecular complexity index is 1350.